The number of nitrogens with zero attached hydrogens (tertiary/aromatic N) is 5. The molecule has 0 saturated carbocycles. The van der Waals surface area contributed by atoms with Gasteiger partial charge in [-0.2, -0.15) is 13.2 Å². The fourth-order valence-corrected chi connectivity index (χ4v) is 6.35. The Hall–Kier alpha value is -3.40. The highest BCUT2D eigenvalue weighted by molar-refractivity contribution is 6.01. The molecule has 10 heteroatoms. The largest absolute Gasteiger partial charge is 0.416 e. The van der Waals surface area contributed by atoms with Crippen LogP contribution in [0.1, 0.15) is 75.1 Å². The molecule has 3 aromatic rings. The zero-order valence-corrected chi connectivity index (χ0v) is 23.2. The Labute approximate surface area is 233 Å². The van der Waals surface area contributed by atoms with Crippen molar-refractivity contribution in [1.82, 2.24) is 19.7 Å². The molecule has 1 aromatic heterocycles. The Morgan fingerprint density at radius 3 is 2.25 bits per heavy atom. The van der Waals surface area contributed by atoms with Crippen molar-refractivity contribution >= 4 is 17.4 Å². The number of halogens is 3. The van der Waals surface area contributed by atoms with Crippen LogP contribution < -0.4 is 10.2 Å². The van der Waals surface area contributed by atoms with E-state index >= 15 is 0 Å². The third-order valence-corrected chi connectivity index (χ3v) is 8.21. The Morgan fingerprint density at radius 2 is 1.65 bits per heavy atom. The van der Waals surface area contributed by atoms with Crippen LogP contribution in [0, 0.1) is 6.92 Å². The summed E-state index contributed by atoms with van der Waals surface area (Å²) >= 11 is 0. The van der Waals surface area contributed by atoms with Crippen molar-refractivity contribution < 1.29 is 18.0 Å². The minimum Gasteiger partial charge on any atom is -0.312 e. The van der Waals surface area contributed by atoms with E-state index in [4.69, 9.17) is 0 Å². The number of aryl methyl sites for hydroxylation is 1. The molecular weight excluding hydrogens is 517 g/mol. The maximum absolute atomic E-state index is 13.3. The molecule has 3 heterocycles. The van der Waals surface area contributed by atoms with Crippen molar-refractivity contribution in [3.05, 3.63) is 71.8 Å². The first kappa shape index (κ1) is 28.1. The highest BCUT2D eigenvalue weighted by atomic mass is 19.4. The summed E-state index contributed by atoms with van der Waals surface area (Å²) in [4.78, 5) is 17.6. The number of urea groups is 1. The van der Waals surface area contributed by atoms with Crippen molar-refractivity contribution in [3.63, 3.8) is 0 Å². The van der Waals surface area contributed by atoms with E-state index in [0.717, 1.165) is 55.3 Å². The highest BCUT2D eigenvalue weighted by Gasteiger charge is 2.42. The van der Waals surface area contributed by atoms with Crippen LogP contribution >= 0.6 is 0 Å². The minimum absolute atomic E-state index is 0.323. The number of hydrogen-bond acceptors (Lipinski definition) is 4. The molecule has 0 aliphatic carbocycles. The maximum atomic E-state index is 13.3. The summed E-state index contributed by atoms with van der Waals surface area (Å²) < 4.78 is 41.2. The second kappa shape index (κ2) is 11.6. The van der Waals surface area contributed by atoms with Crippen molar-refractivity contribution in [2.75, 3.05) is 23.3 Å². The fraction of sp³-hybridized carbons (Fsp3) is 0.500. The van der Waals surface area contributed by atoms with Gasteiger partial charge in [-0.15, -0.1) is 10.2 Å². The van der Waals surface area contributed by atoms with Gasteiger partial charge < -0.3 is 9.88 Å². The summed E-state index contributed by atoms with van der Waals surface area (Å²) in [5, 5.41) is 11.6. The van der Waals surface area contributed by atoms with Crippen molar-refractivity contribution in [1.29, 1.82) is 0 Å². The second-order valence-corrected chi connectivity index (χ2v) is 11.2. The average Bonchev–Trinajstić information content (AvgIpc) is 3.42. The smallest absolute Gasteiger partial charge is 0.312 e. The highest BCUT2D eigenvalue weighted by Crippen LogP contribution is 2.42. The lowest BCUT2D eigenvalue weighted by Gasteiger charge is -2.40. The molecule has 40 heavy (non-hydrogen) atoms. The molecule has 214 valence electrons. The van der Waals surface area contributed by atoms with Gasteiger partial charge >= 0.3 is 12.2 Å². The van der Waals surface area contributed by atoms with Crippen LogP contribution in [0.2, 0.25) is 0 Å². The van der Waals surface area contributed by atoms with Gasteiger partial charge in [-0.25, -0.2) is 4.79 Å². The molecule has 1 N–H and O–H groups in total. The Bertz CT molecular complexity index is 1280. The van der Waals surface area contributed by atoms with E-state index in [1.165, 1.54) is 25.0 Å². The summed E-state index contributed by atoms with van der Waals surface area (Å²) in [7, 11) is 0. The molecule has 2 aliphatic rings. The number of benzene rings is 2. The molecule has 0 unspecified atom stereocenters. The number of aromatic nitrogens is 3. The quantitative estimate of drug-likeness (QED) is 0.325. The SMILES string of the molecule is Cc1nnc(C(C)C)n1C1C[C@H]2CC[C@H](C1)N2CCCN(C(=O)Nc1ccc(C(F)(F)F)cc1)c1ccccc1. The molecular formula is C30H37F3N6O. The number of rotatable bonds is 8. The fourth-order valence-electron chi connectivity index (χ4n) is 6.35. The van der Waals surface area contributed by atoms with Gasteiger partial charge in [-0.3, -0.25) is 9.80 Å². The molecule has 2 aromatic carbocycles. The van der Waals surface area contributed by atoms with Gasteiger partial charge in [0, 0.05) is 48.5 Å². The molecule has 2 bridgehead atoms. The number of hydrogen-bond donors (Lipinski definition) is 1. The van der Waals surface area contributed by atoms with Gasteiger partial charge in [0.1, 0.15) is 11.6 Å². The molecule has 2 fully saturated rings. The predicted octanol–water partition coefficient (Wildman–Crippen LogP) is 7.03. The molecule has 0 spiro atoms. The van der Waals surface area contributed by atoms with Crippen molar-refractivity contribution in [2.45, 2.75) is 83.1 Å². The summed E-state index contributed by atoms with van der Waals surface area (Å²) in [6, 6.07) is 14.9. The number of piperidine rings is 1. The van der Waals surface area contributed by atoms with Gasteiger partial charge in [0.05, 0.1) is 5.56 Å². The zero-order valence-electron chi connectivity index (χ0n) is 23.2. The second-order valence-electron chi connectivity index (χ2n) is 11.2. The van der Waals surface area contributed by atoms with Crippen LogP contribution in [0.15, 0.2) is 54.6 Å². The van der Waals surface area contributed by atoms with Crippen LogP contribution in [0.25, 0.3) is 0 Å². The molecule has 2 atom stereocenters. The summed E-state index contributed by atoms with van der Waals surface area (Å²) in [5.41, 5.74) is 0.325. The van der Waals surface area contributed by atoms with E-state index in [2.05, 4.69) is 38.8 Å². The standard InChI is InChI=1S/C30H37F3N6O/c1-20(2)28-36-35-21(3)39(28)27-18-25-14-15-26(19-27)37(25)16-7-17-38(24-8-5-4-6-9-24)29(40)34-23-12-10-22(11-13-23)30(31,32)33/h4-6,8-13,20,25-27H,7,14-19H2,1-3H3,(H,34,40)/t25-,26-/m1/s1. The Balaban J connectivity index is 1.22. The number of para-hydroxylation sites is 1. The van der Waals surface area contributed by atoms with E-state index in [-0.39, 0.29) is 6.03 Å². The molecule has 0 radical (unpaired) electrons. The van der Waals surface area contributed by atoms with Crippen LogP contribution in [0.4, 0.5) is 29.3 Å². The molecule has 2 amide bonds. The third kappa shape index (κ3) is 6.01. The van der Waals surface area contributed by atoms with Gasteiger partial charge in [-0.1, -0.05) is 32.0 Å². The van der Waals surface area contributed by atoms with Crippen LogP contribution in [-0.4, -0.2) is 50.9 Å². The minimum atomic E-state index is -4.42. The average molecular weight is 555 g/mol. The molecule has 2 saturated heterocycles. The first-order valence-corrected chi connectivity index (χ1v) is 14.1. The van der Waals surface area contributed by atoms with Crippen LogP contribution in [-0.2, 0) is 6.18 Å². The summed E-state index contributed by atoms with van der Waals surface area (Å²) in [5.74, 6) is 2.38. The number of amides is 2. The topological polar surface area (TPSA) is 66.3 Å². The number of nitrogens with one attached hydrogen (secondary N) is 1. The van der Waals surface area contributed by atoms with E-state index in [1.54, 1.807) is 4.90 Å². The first-order valence-electron chi connectivity index (χ1n) is 14.1. The number of carbonyl (C=O) groups excluding carboxylic acids is 1. The van der Waals surface area contributed by atoms with E-state index in [1.807, 2.05) is 37.3 Å². The first-order chi connectivity index (χ1) is 19.1. The lowest BCUT2D eigenvalue weighted by atomic mass is 9.96. The predicted molar refractivity (Wildman–Crippen MR) is 150 cm³/mol. The Morgan fingerprint density at radius 1 is 1.00 bits per heavy atom. The number of fused-ring (bicyclic) bond motifs is 2. The zero-order chi connectivity index (χ0) is 28.4. The normalized spacial score (nSPS) is 21.1. The monoisotopic (exact) mass is 554 g/mol. The van der Waals surface area contributed by atoms with Crippen LogP contribution in [0.5, 0.6) is 0 Å². The lowest BCUT2D eigenvalue weighted by molar-refractivity contribution is -0.137. The third-order valence-electron chi connectivity index (χ3n) is 8.21. The van der Waals surface area contributed by atoms with Crippen LogP contribution in [0.3, 0.4) is 0 Å². The Kier molecular flexibility index (Phi) is 8.16. The number of carbonyl (C=O) groups is 1. The van der Waals surface area contributed by atoms with Gasteiger partial charge in [0.25, 0.3) is 0 Å². The molecule has 7 nitrogen and oxygen atoms in total. The number of alkyl halides is 3. The van der Waals surface area contributed by atoms with E-state index in [9.17, 15) is 18.0 Å². The summed E-state index contributed by atoms with van der Waals surface area (Å²) in [6.07, 6.45) is 0.873. The number of anilines is 2. The van der Waals surface area contributed by atoms with Crippen molar-refractivity contribution in [2.24, 2.45) is 0 Å². The van der Waals surface area contributed by atoms with E-state index in [0.29, 0.717) is 36.3 Å². The van der Waals surface area contributed by atoms with Gasteiger partial charge in [0.2, 0.25) is 0 Å². The van der Waals surface area contributed by atoms with Gasteiger partial charge in [-0.05, 0) is 75.4 Å². The maximum Gasteiger partial charge on any atom is 0.416 e. The lowest BCUT2D eigenvalue weighted by Crippen LogP contribution is -2.45. The summed E-state index contributed by atoms with van der Waals surface area (Å²) in [6.45, 7) is 7.75. The van der Waals surface area contributed by atoms with Crippen molar-refractivity contribution in [3.8, 4) is 0 Å². The molecule has 2 aliphatic heterocycles. The molecule has 5 rings (SSSR count). The van der Waals surface area contributed by atoms with E-state index < -0.39 is 11.7 Å². The van der Waals surface area contributed by atoms with Gasteiger partial charge in [0.15, 0.2) is 0 Å².